The number of hydrogen-bond donors (Lipinski definition) is 1. The molecule has 2 heterocycles. The highest BCUT2D eigenvalue weighted by Crippen LogP contribution is 2.25. The van der Waals surface area contributed by atoms with E-state index in [9.17, 15) is 14.4 Å². The van der Waals surface area contributed by atoms with E-state index in [1.165, 1.54) is 11.8 Å². The van der Waals surface area contributed by atoms with Crippen molar-refractivity contribution in [3.05, 3.63) is 30.3 Å². The minimum atomic E-state index is -0.492. The van der Waals surface area contributed by atoms with Gasteiger partial charge in [0.25, 0.3) is 5.91 Å². The molecule has 114 valence electrons. The van der Waals surface area contributed by atoms with E-state index in [1.807, 2.05) is 30.3 Å². The van der Waals surface area contributed by atoms with Crippen LogP contribution in [0.15, 0.2) is 30.3 Å². The molecule has 3 amide bonds. The van der Waals surface area contributed by atoms with Crippen molar-refractivity contribution in [2.45, 2.75) is 6.42 Å². The Morgan fingerprint density at radius 2 is 1.95 bits per heavy atom. The highest BCUT2D eigenvalue weighted by molar-refractivity contribution is 8.23. The van der Waals surface area contributed by atoms with Crippen LogP contribution in [-0.2, 0) is 14.4 Å². The molecule has 0 spiro atoms. The molecule has 0 bridgehead atoms. The average molecular weight is 335 g/mol. The number of rotatable bonds is 3. The van der Waals surface area contributed by atoms with Crippen LogP contribution in [0.25, 0.3) is 0 Å². The van der Waals surface area contributed by atoms with Gasteiger partial charge >= 0.3 is 0 Å². The summed E-state index contributed by atoms with van der Waals surface area (Å²) in [7, 11) is 0. The van der Waals surface area contributed by atoms with E-state index in [0.29, 0.717) is 10.9 Å². The van der Waals surface area contributed by atoms with Gasteiger partial charge in [-0.05, 0) is 12.1 Å². The van der Waals surface area contributed by atoms with Crippen molar-refractivity contribution in [2.24, 2.45) is 5.92 Å². The maximum Gasteiger partial charge on any atom is 0.257 e. The van der Waals surface area contributed by atoms with Gasteiger partial charge in [0, 0.05) is 18.7 Å². The predicted octanol–water partition coefficient (Wildman–Crippen LogP) is 0.931. The van der Waals surface area contributed by atoms with Crippen LogP contribution in [0, 0.1) is 5.92 Å². The molecule has 2 aliphatic rings. The first kappa shape index (κ1) is 15.0. The second-order valence-electron chi connectivity index (χ2n) is 5.00. The highest BCUT2D eigenvalue weighted by atomic mass is 32.2. The zero-order valence-corrected chi connectivity index (χ0v) is 13.2. The van der Waals surface area contributed by atoms with Crippen molar-refractivity contribution in [1.82, 2.24) is 10.4 Å². The largest absolute Gasteiger partial charge is 0.312 e. The minimum absolute atomic E-state index is 0.101. The molecule has 0 aromatic heterocycles. The standard InChI is InChI=1S/C14H13N3O3S2/c18-11-6-9(7-16(11)10-4-2-1-3-5-10)13(20)15-17-12(19)8-22-14(17)21/h1-5,9H,6-8H2,(H,15,20). The molecule has 0 saturated carbocycles. The molecule has 22 heavy (non-hydrogen) atoms. The molecule has 3 rings (SSSR count). The van der Waals surface area contributed by atoms with Crippen molar-refractivity contribution in [3.8, 4) is 0 Å². The van der Waals surface area contributed by atoms with Crippen LogP contribution in [0.2, 0.25) is 0 Å². The summed E-state index contributed by atoms with van der Waals surface area (Å²) in [5.41, 5.74) is 3.29. The number of anilines is 1. The lowest BCUT2D eigenvalue weighted by Gasteiger charge is -2.19. The van der Waals surface area contributed by atoms with Gasteiger partial charge in [-0.25, -0.2) is 5.01 Å². The maximum atomic E-state index is 12.3. The molecule has 8 heteroatoms. The van der Waals surface area contributed by atoms with Gasteiger partial charge in [-0.3, -0.25) is 19.8 Å². The fraction of sp³-hybridized carbons (Fsp3) is 0.286. The number of hydrazine groups is 1. The van der Waals surface area contributed by atoms with Crippen molar-refractivity contribution in [3.63, 3.8) is 0 Å². The van der Waals surface area contributed by atoms with Gasteiger partial charge in [0.2, 0.25) is 11.8 Å². The zero-order chi connectivity index (χ0) is 15.7. The fourth-order valence-electron chi connectivity index (χ4n) is 2.40. The molecule has 2 fully saturated rings. The van der Waals surface area contributed by atoms with Crippen LogP contribution < -0.4 is 10.3 Å². The third-order valence-corrected chi connectivity index (χ3v) is 4.89. The van der Waals surface area contributed by atoms with E-state index in [0.717, 1.165) is 10.7 Å². The lowest BCUT2D eigenvalue weighted by Crippen LogP contribution is -2.47. The molecule has 1 aromatic carbocycles. The average Bonchev–Trinajstić information content (AvgIpc) is 3.05. The predicted molar refractivity (Wildman–Crippen MR) is 86.9 cm³/mol. The topological polar surface area (TPSA) is 69.7 Å². The molecule has 1 aromatic rings. The van der Waals surface area contributed by atoms with Gasteiger partial charge in [0.1, 0.15) is 0 Å². The molecular weight excluding hydrogens is 322 g/mol. The van der Waals surface area contributed by atoms with Crippen LogP contribution in [0.5, 0.6) is 0 Å². The third kappa shape index (κ3) is 2.84. The zero-order valence-electron chi connectivity index (χ0n) is 11.5. The number of para-hydroxylation sites is 1. The molecule has 1 unspecified atom stereocenters. The van der Waals surface area contributed by atoms with Crippen molar-refractivity contribution < 1.29 is 14.4 Å². The molecule has 2 aliphatic heterocycles. The van der Waals surface area contributed by atoms with E-state index in [-0.39, 0.29) is 29.9 Å². The first-order valence-corrected chi connectivity index (χ1v) is 8.11. The smallest absolute Gasteiger partial charge is 0.257 e. The van der Waals surface area contributed by atoms with E-state index < -0.39 is 5.92 Å². The van der Waals surface area contributed by atoms with Crippen LogP contribution in [0.3, 0.4) is 0 Å². The van der Waals surface area contributed by atoms with E-state index in [1.54, 1.807) is 4.90 Å². The highest BCUT2D eigenvalue weighted by Gasteiger charge is 2.37. The number of carbonyl (C=O) groups excluding carboxylic acids is 3. The molecule has 2 saturated heterocycles. The Morgan fingerprint density at radius 1 is 1.23 bits per heavy atom. The van der Waals surface area contributed by atoms with Gasteiger partial charge in [-0.1, -0.05) is 42.2 Å². The van der Waals surface area contributed by atoms with Gasteiger partial charge in [-0.15, -0.1) is 0 Å². The van der Waals surface area contributed by atoms with Gasteiger partial charge in [-0.2, -0.15) is 0 Å². The van der Waals surface area contributed by atoms with E-state index in [2.05, 4.69) is 5.43 Å². The normalized spacial score (nSPS) is 21.6. The summed E-state index contributed by atoms with van der Waals surface area (Å²) in [6.45, 7) is 0.302. The summed E-state index contributed by atoms with van der Waals surface area (Å²) < 4.78 is 0.336. The summed E-state index contributed by atoms with van der Waals surface area (Å²) in [5.74, 6) is -0.957. The van der Waals surface area contributed by atoms with Crippen molar-refractivity contribution >= 4 is 51.7 Å². The SMILES string of the molecule is O=C(NN1C(=O)CSC1=S)C1CC(=O)N(c2ccccc2)C1. The molecule has 1 atom stereocenters. The monoisotopic (exact) mass is 335 g/mol. The third-order valence-electron chi connectivity index (χ3n) is 3.54. The Labute approximate surface area is 136 Å². The van der Waals surface area contributed by atoms with E-state index >= 15 is 0 Å². The number of nitrogens with zero attached hydrogens (tertiary/aromatic N) is 2. The van der Waals surface area contributed by atoms with Gasteiger partial charge in [0.05, 0.1) is 11.7 Å². The second kappa shape index (κ2) is 6.05. The van der Waals surface area contributed by atoms with Gasteiger partial charge in [0.15, 0.2) is 4.32 Å². The number of thiocarbonyl (C=S) groups is 1. The van der Waals surface area contributed by atoms with Crippen LogP contribution in [0.1, 0.15) is 6.42 Å². The summed E-state index contributed by atoms with van der Waals surface area (Å²) in [6.07, 6.45) is 0.128. The molecule has 0 radical (unpaired) electrons. The second-order valence-corrected chi connectivity index (χ2v) is 6.61. The van der Waals surface area contributed by atoms with E-state index in [4.69, 9.17) is 12.2 Å². The Morgan fingerprint density at radius 3 is 2.59 bits per heavy atom. The molecular formula is C14H13N3O3S2. The lowest BCUT2D eigenvalue weighted by molar-refractivity contribution is -0.136. The Bertz CT molecular complexity index is 634. The Balaban J connectivity index is 1.67. The molecule has 6 nitrogen and oxygen atoms in total. The summed E-state index contributed by atoms with van der Waals surface area (Å²) in [4.78, 5) is 37.6. The number of nitrogens with one attached hydrogen (secondary N) is 1. The summed E-state index contributed by atoms with van der Waals surface area (Å²) >= 11 is 6.22. The maximum absolute atomic E-state index is 12.3. The van der Waals surface area contributed by atoms with Crippen LogP contribution >= 0.6 is 24.0 Å². The van der Waals surface area contributed by atoms with Crippen molar-refractivity contribution in [2.75, 3.05) is 17.2 Å². The Hall–Kier alpha value is -1.93. The quantitative estimate of drug-likeness (QED) is 0.832. The first-order valence-electron chi connectivity index (χ1n) is 6.72. The van der Waals surface area contributed by atoms with Crippen LogP contribution in [-0.4, -0.2) is 39.3 Å². The Kier molecular flexibility index (Phi) is 4.12. The summed E-state index contributed by atoms with van der Waals surface area (Å²) in [5, 5.41) is 1.10. The molecule has 0 aliphatic carbocycles. The number of hydrogen-bond acceptors (Lipinski definition) is 5. The fourth-order valence-corrected chi connectivity index (χ4v) is 3.38. The number of carbonyl (C=O) groups is 3. The lowest BCUT2D eigenvalue weighted by atomic mass is 10.1. The number of benzene rings is 1. The molecule has 1 N–H and O–H groups in total. The van der Waals surface area contributed by atoms with Crippen molar-refractivity contribution in [1.29, 1.82) is 0 Å². The number of amides is 3. The number of thioether (sulfide) groups is 1. The van der Waals surface area contributed by atoms with Gasteiger partial charge < -0.3 is 4.90 Å². The first-order chi connectivity index (χ1) is 10.6. The van der Waals surface area contributed by atoms with Crippen LogP contribution in [0.4, 0.5) is 5.69 Å². The minimum Gasteiger partial charge on any atom is -0.312 e. The summed E-state index contributed by atoms with van der Waals surface area (Å²) in [6, 6.07) is 9.21.